The van der Waals surface area contributed by atoms with Crippen LogP contribution in [0.1, 0.15) is 44.1 Å². The Morgan fingerprint density at radius 2 is 2.19 bits per heavy atom. The van der Waals surface area contributed by atoms with E-state index in [-0.39, 0.29) is 0 Å². The second-order valence-electron chi connectivity index (χ2n) is 6.89. The summed E-state index contributed by atoms with van der Waals surface area (Å²) >= 11 is 0. The SMILES string of the molecule is Cc1cc(N)nc(NCCCCC2CNCCC23CC3)c1. The maximum Gasteiger partial charge on any atom is 0.128 e. The fraction of sp³-hybridized carbons (Fsp3) is 0.706. The smallest absolute Gasteiger partial charge is 0.128 e. The highest BCUT2D eigenvalue weighted by molar-refractivity contribution is 5.45. The van der Waals surface area contributed by atoms with Crippen molar-refractivity contribution >= 4 is 11.6 Å². The summed E-state index contributed by atoms with van der Waals surface area (Å²) < 4.78 is 0. The molecule has 0 bridgehead atoms. The molecular formula is C17H28N4. The van der Waals surface area contributed by atoms with Gasteiger partial charge in [-0.2, -0.15) is 0 Å². The molecule has 0 amide bonds. The van der Waals surface area contributed by atoms with E-state index in [1.807, 2.05) is 13.0 Å². The zero-order valence-corrected chi connectivity index (χ0v) is 13.1. The molecule has 4 heteroatoms. The Kier molecular flexibility index (Phi) is 4.34. The quantitative estimate of drug-likeness (QED) is 0.704. The predicted molar refractivity (Wildman–Crippen MR) is 88.4 cm³/mol. The number of unbranched alkanes of at least 4 members (excludes halogenated alkanes) is 1. The summed E-state index contributed by atoms with van der Waals surface area (Å²) in [6.07, 6.45) is 8.25. The number of rotatable bonds is 6. The van der Waals surface area contributed by atoms with E-state index in [0.29, 0.717) is 5.82 Å². The molecule has 0 radical (unpaired) electrons. The Labute approximate surface area is 127 Å². The first-order valence-electron chi connectivity index (χ1n) is 8.37. The molecule has 116 valence electrons. The van der Waals surface area contributed by atoms with Gasteiger partial charge in [0.15, 0.2) is 0 Å². The molecule has 1 aliphatic heterocycles. The van der Waals surface area contributed by atoms with Crippen LogP contribution in [0.25, 0.3) is 0 Å². The van der Waals surface area contributed by atoms with E-state index in [0.717, 1.165) is 29.3 Å². The first-order valence-corrected chi connectivity index (χ1v) is 8.37. The van der Waals surface area contributed by atoms with Gasteiger partial charge in [-0.15, -0.1) is 0 Å². The number of hydrogen-bond acceptors (Lipinski definition) is 4. The third-order valence-corrected chi connectivity index (χ3v) is 5.22. The Morgan fingerprint density at radius 1 is 1.33 bits per heavy atom. The van der Waals surface area contributed by atoms with Crippen LogP contribution in [0.15, 0.2) is 12.1 Å². The van der Waals surface area contributed by atoms with E-state index < -0.39 is 0 Å². The number of nitrogen functional groups attached to an aromatic ring is 1. The van der Waals surface area contributed by atoms with Crippen LogP contribution in [-0.2, 0) is 0 Å². The van der Waals surface area contributed by atoms with Gasteiger partial charge >= 0.3 is 0 Å². The average Bonchev–Trinajstić information content (AvgIpc) is 3.20. The molecule has 21 heavy (non-hydrogen) atoms. The minimum atomic E-state index is 0.599. The molecule has 1 atom stereocenters. The molecule has 1 aliphatic carbocycles. The van der Waals surface area contributed by atoms with Crippen LogP contribution in [-0.4, -0.2) is 24.6 Å². The van der Waals surface area contributed by atoms with Crippen LogP contribution in [0, 0.1) is 18.3 Å². The molecule has 1 saturated heterocycles. The van der Waals surface area contributed by atoms with Gasteiger partial charge in [0.2, 0.25) is 0 Å². The number of piperidine rings is 1. The van der Waals surface area contributed by atoms with Gasteiger partial charge in [0, 0.05) is 6.54 Å². The number of nitrogens with zero attached hydrogens (tertiary/aromatic N) is 1. The summed E-state index contributed by atoms with van der Waals surface area (Å²) in [4.78, 5) is 4.31. The van der Waals surface area contributed by atoms with Crippen molar-refractivity contribution < 1.29 is 0 Å². The van der Waals surface area contributed by atoms with E-state index in [1.165, 1.54) is 51.6 Å². The van der Waals surface area contributed by atoms with Crippen molar-refractivity contribution in [3.05, 3.63) is 17.7 Å². The van der Waals surface area contributed by atoms with E-state index in [9.17, 15) is 0 Å². The molecule has 2 aliphatic rings. The van der Waals surface area contributed by atoms with Gasteiger partial charge < -0.3 is 16.4 Å². The number of nitrogens with one attached hydrogen (secondary N) is 2. The second kappa shape index (κ2) is 6.22. The molecular weight excluding hydrogens is 260 g/mol. The first kappa shape index (κ1) is 14.6. The Morgan fingerprint density at radius 3 is 2.95 bits per heavy atom. The fourth-order valence-corrected chi connectivity index (χ4v) is 3.78. The largest absolute Gasteiger partial charge is 0.384 e. The zero-order valence-electron chi connectivity index (χ0n) is 13.1. The summed E-state index contributed by atoms with van der Waals surface area (Å²) in [5, 5.41) is 6.96. The van der Waals surface area contributed by atoms with Crippen LogP contribution >= 0.6 is 0 Å². The van der Waals surface area contributed by atoms with Gasteiger partial charge in [0.25, 0.3) is 0 Å². The molecule has 2 heterocycles. The van der Waals surface area contributed by atoms with Gasteiger partial charge in [0.1, 0.15) is 11.6 Å². The maximum atomic E-state index is 5.77. The van der Waals surface area contributed by atoms with Crippen molar-refractivity contribution in [3.63, 3.8) is 0 Å². The molecule has 1 aromatic heterocycles. The average molecular weight is 288 g/mol. The molecule has 1 saturated carbocycles. The van der Waals surface area contributed by atoms with E-state index in [4.69, 9.17) is 5.73 Å². The number of aryl methyl sites for hydroxylation is 1. The Balaban J connectivity index is 1.36. The molecule has 1 spiro atoms. The molecule has 4 nitrogen and oxygen atoms in total. The summed E-state index contributed by atoms with van der Waals surface area (Å²) in [6, 6.07) is 3.96. The molecule has 2 fully saturated rings. The lowest BCUT2D eigenvalue weighted by molar-refractivity contribution is 0.213. The highest BCUT2D eigenvalue weighted by atomic mass is 15.0. The molecule has 4 N–H and O–H groups in total. The number of aromatic nitrogens is 1. The highest BCUT2D eigenvalue weighted by Crippen LogP contribution is 2.57. The van der Waals surface area contributed by atoms with Gasteiger partial charge in [-0.05, 0) is 81.1 Å². The second-order valence-corrected chi connectivity index (χ2v) is 6.89. The number of pyridine rings is 1. The van der Waals surface area contributed by atoms with Crippen molar-refractivity contribution in [2.75, 3.05) is 30.7 Å². The number of anilines is 2. The topological polar surface area (TPSA) is 63.0 Å². The fourth-order valence-electron chi connectivity index (χ4n) is 3.78. The third kappa shape index (κ3) is 3.67. The summed E-state index contributed by atoms with van der Waals surface area (Å²) in [7, 11) is 0. The lowest BCUT2D eigenvalue weighted by atomic mass is 9.80. The minimum absolute atomic E-state index is 0.599. The molecule has 1 aromatic rings. The van der Waals surface area contributed by atoms with Crippen LogP contribution in [0.2, 0.25) is 0 Å². The van der Waals surface area contributed by atoms with E-state index >= 15 is 0 Å². The van der Waals surface area contributed by atoms with Crippen molar-refractivity contribution in [1.82, 2.24) is 10.3 Å². The minimum Gasteiger partial charge on any atom is -0.384 e. The summed E-state index contributed by atoms with van der Waals surface area (Å²) in [5.74, 6) is 2.42. The standard InChI is InChI=1S/C17H28N4/c1-13-10-15(18)21-16(11-13)20-8-3-2-4-14-12-19-9-7-17(14)5-6-17/h10-11,14,19H,2-9,12H2,1H3,(H3,18,20,21). The monoisotopic (exact) mass is 288 g/mol. The van der Waals surface area contributed by atoms with E-state index in [2.05, 4.69) is 21.7 Å². The third-order valence-electron chi connectivity index (χ3n) is 5.22. The van der Waals surface area contributed by atoms with E-state index in [1.54, 1.807) is 0 Å². The predicted octanol–water partition coefficient (Wildman–Crippen LogP) is 2.94. The van der Waals surface area contributed by atoms with Gasteiger partial charge in [-0.25, -0.2) is 4.98 Å². The summed E-state index contributed by atoms with van der Waals surface area (Å²) in [5.41, 5.74) is 7.67. The number of hydrogen-bond donors (Lipinski definition) is 3. The van der Waals surface area contributed by atoms with Gasteiger partial charge in [0.05, 0.1) is 0 Å². The molecule has 0 aromatic carbocycles. The summed E-state index contributed by atoms with van der Waals surface area (Å²) in [6.45, 7) is 5.51. The van der Waals surface area contributed by atoms with Crippen molar-refractivity contribution in [1.29, 1.82) is 0 Å². The molecule has 3 rings (SSSR count). The normalized spacial score (nSPS) is 23.2. The maximum absolute atomic E-state index is 5.77. The Bertz CT molecular complexity index is 461. The van der Waals surface area contributed by atoms with Crippen molar-refractivity contribution in [2.24, 2.45) is 11.3 Å². The van der Waals surface area contributed by atoms with Crippen LogP contribution in [0.4, 0.5) is 11.6 Å². The van der Waals surface area contributed by atoms with Crippen LogP contribution in [0.5, 0.6) is 0 Å². The highest BCUT2D eigenvalue weighted by Gasteiger charge is 2.49. The first-order chi connectivity index (χ1) is 10.2. The Hall–Kier alpha value is -1.29. The van der Waals surface area contributed by atoms with Gasteiger partial charge in [-0.1, -0.05) is 6.42 Å². The zero-order chi connectivity index (χ0) is 14.7. The lowest BCUT2D eigenvalue weighted by Gasteiger charge is -2.32. The van der Waals surface area contributed by atoms with Gasteiger partial charge in [-0.3, -0.25) is 0 Å². The van der Waals surface area contributed by atoms with Crippen LogP contribution < -0.4 is 16.4 Å². The van der Waals surface area contributed by atoms with Crippen molar-refractivity contribution in [3.8, 4) is 0 Å². The number of nitrogens with two attached hydrogens (primary N) is 1. The molecule has 1 unspecified atom stereocenters. The van der Waals surface area contributed by atoms with Crippen molar-refractivity contribution in [2.45, 2.75) is 45.4 Å². The van der Waals surface area contributed by atoms with Crippen LogP contribution in [0.3, 0.4) is 0 Å². The lowest BCUT2D eigenvalue weighted by Crippen LogP contribution is -2.37.